The van der Waals surface area contributed by atoms with Gasteiger partial charge in [-0.3, -0.25) is 0 Å². The Kier molecular flexibility index (Phi) is 3.71. The molecule has 6 heteroatoms. The predicted octanol–water partition coefficient (Wildman–Crippen LogP) is 4.37. The third-order valence-electron chi connectivity index (χ3n) is 2.91. The lowest BCUT2D eigenvalue weighted by Gasteiger charge is -2.01. The largest absolute Gasteiger partial charge is 0.448 e. The summed E-state index contributed by atoms with van der Waals surface area (Å²) in [6.45, 7) is 2.48. The van der Waals surface area contributed by atoms with Crippen molar-refractivity contribution in [2.75, 3.05) is 5.32 Å². The number of hydrogen-bond acceptors (Lipinski definition) is 5. The number of benzene rings is 1. The number of nitrogens with zero attached hydrogens (tertiary/aromatic N) is 2. The Morgan fingerprint density at radius 2 is 2.20 bits per heavy atom. The first-order valence-corrected chi connectivity index (χ1v) is 7.33. The summed E-state index contributed by atoms with van der Waals surface area (Å²) in [5.41, 5.74) is 2.70. The normalized spacial score (nSPS) is 10.7. The molecule has 0 bridgehead atoms. The van der Waals surface area contributed by atoms with Crippen molar-refractivity contribution in [3.8, 4) is 11.3 Å². The first-order chi connectivity index (χ1) is 9.74. The fourth-order valence-electron chi connectivity index (χ4n) is 1.80. The summed E-state index contributed by atoms with van der Waals surface area (Å²) < 4.78 is 5.16. The van der Waals surface area contributed by atoms with Crippen molar-refractivity contribution >= 4 is 28.1 Å². The molecule has 3 aromatic rings. The van der Waals surface area contributed by atoms with Crippen molar-refractivity contribution in [3.63, 3.8) is 0 Å². The first-order valence-electron chi connectivity index (χ1n) is 6.07. The molecule has 0 amide bonds. The second kappa shape index (κ2) is 5.64. The first kappa shape index (κ1) is 13.1. The van der Waals surface area contributed by atoms with Gasteiger partial charge in [-0.25, -0.2) is 9.97 Å². The summed E-state index contributed by atoms with van der Waals surface area (Å²) in [5.74, 6) is 0.820. The molecule has 0 aliphatic carbocycles. The molecule has 1 N–H and O–H groups in total. The van der Waals surface area contributed by atoms with E-state index in [0.29, 0.717) is 11.6 Å². The zero-order valence-corrected chi connectivity index (χ0v) is 12.3. The molecular formula is C14H12ClN3OS. The Balaban J connectivity index is 1.74. The summed E-state index contributed by atoms with van der Waals surface area (Å²) >= 11 is 7.71. The average Bonchev–Trinajstić information content (AvgIpc) is 3.06. The van der Waals surface area contributed by atoms with Gasteiger partial charge in [0.25, 0.3) is 0 Å². The maximum absolute atomic E-state index is 6.17. The van der Waals surface area contributed by atoms with Crippen LogP contribution in [0.1, 0.15) is 11.5 Å². The molecule has 2 heterocycles. The lowest BCUT2D eigenvalue weighted by molar-refractivity contribution is 0.524. The highest BCUT2D eigenvalue weighted by atomic mass is 35.5. The van der Waals surface area contributed by atoms with E-state index in [1.165, 1.54) is 6.39 Å². The van der Waals surface area contributed by atoms with Crippen LogP contribution in [0.25, 0.3) is 11.3 Å². The molecule has 0 saturated heterocycles. The van der Waals surface area contributed by atoms with E-state index >= 15 is 0 Å². The van der Waals surface area contributed by atoms with Gasteiger partial charge in [0.2, 0.25) is 0 Å². The summed E-state index contributed by atoms with van der Waals surface area (Å²) in [4.78, 5) is 8.67. The fourth-order valence-corrected chi connectivity index (χ4v) is 2.75. The Morgan fingerprint density at radius 1 is 1.35 bits per heavy atom. The van der Waals surface area contributed by atoms with E-state index in [1.54, 1.807) is 11.3 Å². The predicted molar refractivity (Wildman–Crippen MR) is 81.1 cm³/mol. The van der Waals surface area contributed by atoms with Crippen LogP contribution in [0, 0.1) is 6.92 Å². The topological polar surface area (TPSA) is 51.0 Å². The zero-order valence-electron chi connectivity index (χ0n) is 10.8. The minimum atomic E-state index is 0.595. The molecule has 0 saturated carbocycles. The van der Waals surface area contributed by atoms with Gasteiger partial charge in [-0.1, -0.05) is 29.8 Å². The van der Waals surface area contributed by atoms with Gasteiger partial charge in [-0.2, -0.15) is 0 Å². The maximum atomic E-state index is 6.17. The van der Waals surface area contributed by atoms with Crippen LogP contribution in [0.3, 0.4) is 0 Å². The lowest BCUT2D eigenvalue weighted by atomic mass is 10.2. The van der Waals surface area contributed by atoms with E-state index in [4.69, 9.17) is 16.0 Å². The molecule has 0 unspecified atom stereocenters. The number of nitrogens with one attached hydrogen (secondary N) is 1. The molecule has 4 nitrogen and oxygen atoms in total. The molecule has 20 heavy (non-hydrogen) atoms. The van der Waals surface area contributed by atoms with Crippen molar-refractivity contribution in [1.29, 1.82) is 0 Å². The maximum Gasteiger partial charge on any atom is 0.183 e. The Labute approximate surface area is 125 Å². The van der Waals surface area contributed by atoms with E-state index in [1.807, 2.05) is 36.6 Å². The van der Waals surface area contributed by atoms with Crippen LogP contribution in [0.5, 0.6) is 0 Å². The number of aromatic nitrogens is 2. The van der Waals surface area contributed by atoms with Crippen LogP contribution in [0.4, 0.5) is 5.13 Å². The van der Waals surface area contributed by atoms with Crippen molar-refractivity contribution in [1.82, 2.24) is 9.97 Å². The second-order valence-corrected chi connectivity index (χ2v) is 5.49. The third kappa shape index (κ3) is 2.69. The zero-order chi connectivity index (χ0) is 13.9. The number of anilines is 1. The number of rotatable bonds is 4. The number of aryl methyl sites for hydroxylation is 1. The van der Waals surface area contributed by atoms with Crippen LogP contribution in [-0.4, -0.2) is 9.97 Å². The van der Waals surface area contributed by atoms with Gasteiger partial charge in [0.1, 0.15) is 11.5 Å². The summed E-state index contributed by atoms with van der Waals surface area (Å²) in [6, 6.07) is 7.68. The highest BCUT2D eigenvalue weighted by Gasteiger charge is 2.08. The molecule has 1 aromatic carbocycles. The van der Waals surface area contributed by atoms with Crippen molar-refractivity contribution in [2.24, 2.45) is 0 Å². The summed E-state index contributed by atoms with van der Waals surface area (Å²) in [7, 11) is 0. The number of hydrogen-bond donors (Lipinski definition) is 1. The highest BCUT2D eigenvalue weighted by Crippen LogP contribution is 2.30. The number of oxazole rings is 1. The van der Waals surface area contributed by atoms with Gasteiger partial charge in [0.15, 0.2) is 11.5 Å². The number of halogens is 1. The standard InChI is InChI=1S/C14H12ClN3OS/c1-9-12(17-8-19-9)6-16-14-18-13(7-20-14)10-4-2-3-5-11(10)15/h2-5,7-8H,6H2,1H3,(H,16,18). The SMILES string of the molecule is Cc1ocnc1CNc1nc(-c2ccccc2Cl)cs1. The minimum Gasteiger partial charge on any atom is -0.448 e. The average molecular weight is 306 g/mol. The molecule has 2 aromatic heterocycles. The lowest BCUT2D eigenvalue weighted by Crippen LogP contribution is -2.00. The van der Waals surface area contributed by atoms with Gasteiger partial charge in [0.05, 0.1) is 12.2 Å². The molecule has 0 aliphatic rings. The molecule has 3 rings (SSSR count). The monoisotopic (exact) mass is 305 g/mol. The fraction of sp³-hybridized carbons (Fsp3) is 0.143. The highest BCUT2D eigenvalue weighted by molar-refractivity contribution is 7.14. The van der Waals surface area contributed by atoms with Crippen LogP contribution in [-0.2, 0) is 6.54 Å². The second-order valence-electron chi connectivity index (χ2n) is 4.23. The molecule has 0 radical (unpaired) electrons. The van der Waals surface area contributed by atoms with Crippen LogP contribution < -0.4 is 5.32 Å². The van der Waals surface area contributed by atoms with E-state index in [0.717, 1.165) is 27.8 Å². The Bertz CT molecular complexity index is 723. The van der Waals surface area contributed by atoms with Gasteiger partial charge in [-0.05, 0) is 13.0 Å². The van der Waals surface area contributed by atoms with Gasteiger partial charge in [0, 0.05) is 16.0 Å². The molecule has 0 fully saturated rings. The molecule has 0 aliphatic heterocycles. The van der Waals surface area contributed by atoms with Gasteiger partial charge < -0.3 is 9.73 Å². The molecular weight excluding hydrogens is 294 g/mol. The molecule has 0 spiro atoms. The summed E-state index contributed by atoms with van der Waals surface area (Å²) in [5, 5.41) is 6.77. The van der Waals surface area contributed by atoms with Crippen molar-refractivity contribution < 1.29 is 4.42 Å². The van der Waals surface area contributed by atoms with E-state index in [9.17, 15) is 0 Å². The van der Waals surface area contributed by atoms with E-state index in [2.05, 4.69) is 15.3 Å². The van der Waals surface area contributed by atoms with Crippen LogP contribution >= 0.6 is 22.9 Å². The van der Waals surface area contributed by atoms with Crippen molar-refractivity contribution in [3.05, 3.63) is 52.5 Å². The quantitative estimate of drug-likeness (QED) is 0.777. The van der Waals surface area contributed by atoms with Gasteiger partial charge in [-0.15, -0.1) is 11.3 Å². The van der Waals surface area contributed by atoms with Crippen molar-refractivity contribution in [2.45, 2.75) is 13.5 Å². The number of thiazole rings is 1. The summed E-state index contributed by atoms with van der Waals surface area (Å²) in [6.07, 6.45) is 1.45. The van der Waals surface area contributed by atoms with E-state index in [-0.39, 0.29) is 0 Å². The van der Waals surface area contributed by atoms with Gasteiger partial charge >= 0.3 is 0 Å². The molecule has 102 valence electrons. The smallest absolute Gasteiger partial charge is 0.183 e. The Hall–Kier alpha value is -1.85. The van der Waals surface area contributed by atoms with Crippen LogP contribution in [0.2, 0.25) is 5.02 Å². The molecule has 0 atom stereocenters. The van der Waals surface area contributed by atoms with Crippen LogP contribution in [0.15, 0.2) is 40.5 Å². The minimum absolute atomic E-state index is 0.595. The third-order valence-corrected chi connectivity index (χ3v) is 4.04. The Morgan fingerprint density at radius 3 is 2.95 bits per heavy atom. The van der Waals surface area contributed by atoms with E-state index < -0.39 is 0 Å².